The molecule has 186 valence electrons. The zero-order chi connectivity index (χ0) is 26.2. The maximum Gasteiger partial charge on any atom is 0.341 e. The molecule has 0 aliphatic carbocycles. The number of carbonyl (C=O) groups excluding carboxylic acids is 2. The van der Waals surface area contributed by atoms with E-state index in [1.54, 1.807) is 6.92 Å². The standard InChI is InChI=1S/C26H25N3O6S/c1-14-27-28-25(36-14)29-21(15-5-9-17(10-6-15)26(2,3)4)20(23(33)24(29)34)22(32)16-7-11-18(12-8-16)35-13-19(30)31/h5-12,21,33H,13H2,1-4H3,(H,30,31). The maximum atomic E-state index is 13.6. The van der Waals surface area contributed by atoms with Crippen molar-refractivity contribution >= 4 is 34.1 Å². The first-order chi connectivity index (χ1) is 17.0. The van der Waals surface area contributed by atoms with Crippen molar-refractivity contribution in [3.8, 4) is 5.75 Å². The number of nitrogens with zero attached hydrogens (tertiary/aromatic N) is 3. The molecule has 2 heterocycles. The van der Waals surface area contributed by atoms with Gasteiger partial charge in [0, 0.05) is 5.56 Å². The molecule has 1 aliphatic rings. The molecular formula is C26H25N3O6S. The topological polar surface area (TPSA) is 130 Å². The fourth-order valence-corrected chi connectivity index (χ4v) is 4.62. The lowest BCUT2D eigenvalue weighted by molar-refractivity contribution is -0.139. The normalized spacial score (nSPS) is 15.9. The molecule has 2 aromatic carbocycles. The highest BCUT2D eigenvalue weighted by Crippen LogP contribution is 2.43. The molecule has 0 radical (unpaired) electrons. The third kappa shape index (κ3) is 4.85. The zero-order valence-electron chi connectivity index (χ0n) is 20.2. The lowest BCUT2D eigenvalue weighted by atomic mass is 9.85. The Morgan fingerprint density at radius 3 is 2.22 bits per heavy atom. The van der Waals surface area contributed by atoms with E-state index in [4.69, 9.17) is 9.84 Å². The fourth-order valence-electron chi connectivity index (χ4n) is 3.90. The van der Waals surface area contributed by atoms with E-state index in [1.807, 2.05) is 24.3 Å². The van der Waals surface area contributed by atoms with E-state index >= 15 is 0 Å². The number of carbonyl (C=O) groups is 3. The molecule has 1 aliphatic heterocycles. The number of aliphatic hydroxyl groups is 1. The predicted molar refractivity (Wildman–Crippen MR) is 134 cm³/mol. The monoisotopic (exact) mass is 507 g/mol. The second-order valence-electron chi connectivity index (χ2n) is 9.35. The number of aryl methyl sites for hydroxylation is 1. The summed E-state index contributed by atoms with van der Waals surface area (Å²) in [5.74, 6) is -2.78. The van der Waals surface area contributed by atoms with Gasteiger partial charge in [0.15, 0.2) is 18.1 Å². The summed E-state index contributed by atoms with van der Waals surface area (Å²) < 4.78 is 5.12. The Balaban J connectivity index is 1.75. The van der Waals surface area contributed by atoms with Gasteiger partial charge in [0.1, 0.15) is 10.8 Å². The number of amides is 1. The molecule has 10 heteroatoms. The van der Waals surface area contributed by atoms with E-state index in [1.165, 1.54) is 40.5 Å². The SMILES string of the molecule is Cc1nnc(N2C(=O)C(O)=C(C(=O)c3ccc(OCC(=O)O)cc3)C2c2ccc(C(C)(C)C)cc2)s1. The highest BCUT2D eigenvalue weighted by atomic mass is 32.1. The predicted octanol–water partition coefficient (Wildman–Crippen LogP) is 4.39. The number of ketones is 1. The Morgan fingerprint density at radius 2 is 1.69 bits per heavy atom. The Kier molecular flexibility index (Phi) is 6.64. The molecule has 4 rings (SSSR count). The average Bonchev–Trinajstić information content (AvgIpc) is 3.37. The minimum atomic E-state index is -1.12. The van der Waals surface area contributed by atoms with Gasteiger partial charge in [-0.15, -0.1) is 10.2 Å². The lowest BCUT2D eigenvalue weighted by Crippen LogP contribution is -2.31. The summed E-state index contributed by atoms with van der Waals surface area (Å²) in [7, 11) is 0. The van der Waals surface area contributed by atoms with Crippen LogP contribution in [0.4, 0.5) is 5.13 Å². The van der Waals surface area contributed by atoms with Crippen LogP contribution in [0.3, 0.4) is 0 Å². The van der Waals surface area contributed by atoms with Crippen molar-refractivity contribution in [2.45, 2.75) is 39.2 Å². The molecule has 0 saturated heterocycles. The van der Waals surface area contributed by atoms with Gasteiger partial charge >= 0.3 is 5.97 Å². The number of benzene rings is 2. The quantitative estimate of drug-likeness (QED) is 0.451. The number of anilines is 1. The number of rotatable bonds is 7. The van der Waals surface area contributed by atoms with Crippen LogP contribution < -0.4 is 9.64 Å². The molecule has 36 heavy (non-hydrogen) atoms. The lowest BCUT2D eigenvalue weighted by Gasteiger charge is -2.25. The number of aliphatic carboxylic acids is 1. The Morgan fingerprint density at radius 1 is 1.06 bits per heavy atom. The van der Waals surface area contributed by atoms with Crippen LogP contribution >= 0.6 is 11.3 Å². The molecule has 9 nitrogen and oxygen atoms in total. The van der Waals surface area contributed by atoms with E-state index in [-0.39, 0.29) is 27.4 Å². The molecule has 2 N–H and O–H groups in total. The van der Waals surface area contributed by atoms with Crippen molar-refractivity contribution in [1.82, 2.24) is 10.2 Å². The highest BCUT2D eigenvalue weighted by molar-refractivity contribution is 7.15. The van der Waals surface area contributed by atoms with Gasteiger partial charge in [-0.1, -0.05) is 56.4 Å². The second-order valence-corrected chi connectivity index (χ2v) is 10.5. The van der Waals surface area contributed by atoms with Gasteiger partial charge in [-0.2, -0.15) is 0 Å². The number of hydrogen-bond acceptors (Lipinski definition) is 8. The number of carboxylic acid groups (broad SMARTS) is 1. The maximum absolute atomic E-state index is 13.6. The van der Waals surface area contributed by atoms with Crippen molar-refractivity contribution in [3.63, 3.8) is 0 Å². The fraction of sp³-hybridized carbons (Fsp3) is 0.269. The molecule has 1 atom stereocenters. The van der Waals surface area contributed by atoms with Crippen LogP contribution in [0.5, 0.6) is 5.75 Å². The first kappa shape index (κ1) is 25.1. The highest BCUT2D eigenvalue weighted by Gasteiger charge is 2.46. The van der Waals surface area contributed by atoms with Gasteiger partial charge in [-0.3, -0.25) is 14.5 Å². The number of aromatic nitrogens is 2. The van der Waals surface area contributed by atoms with Crippen molar-refractivity contribution in [2.24, 2.45) is 0 Å². The van der Waals surface area contributed by atoms with Crippen molar-refractivity contribution < 1.29 is 29.3 Å². The van der Waals surface area contributed by atoms with Crippen LogP contribution in [-0.4, -0.2) is 44.7 Å². The van der Waals surface area contributed by atoms with E-state index in [0.29, 0.717) is 10.6 Å². The van der Waals surface area contributed by atoms with Crippen LogP contribution in [0.1, 0.15) is 53.3 Å². The van der Waals surface area contributed by atoms with Gasteiger partial charge in [0.05, 0.1) is 11.6 Å². The third-order valence-corrected chi connectivity index (χ3v) is 6.58. The summed E-state index contributed by atoms with van der Waals surface area (Å²) in [6, 6.07) is 12.5. The Bertz CT molecular complexity index is 1350. The van der Waals surface area contributed by atoms with Gasteiger partial charge in [-0.25, -0.2) is 4.79 Å². The van der Waals surface area contributed by atoms with Gasteiger partial charge in [-0.05, 0) is 47.7 Å². The summed E-state index contributed by atoms with van der Waals surface area (Å²) in [4.78, 5) is 38.8. The number of hydrogen-bond donors (Lipinski definition) is 2. The van der Waals surface area contributed by atoms with E-state index < -0.39 is 36.1 Å². The van der Waals surface area contributed by atoms with Crippen LogP contribution in [-0.2, 0) is 15.0 Å². The summed E-state index contributed by atoms with van der Waals surface area (Å²) in [5, 5.41) is 28.6. The molecule has 1 aromatic heterocycles. The minimum Gasteiger partial charge on any atom is -0.503 e. The van der Waals surface area contributed by atoms with Crippen LogP contribution in [0, 0.1) is 6.92 Å². The molecular weight excluding hydrogens is 482 g/mol. The van der Waals surface area contributed by atoms with Crippen molar-refractivity contribution in [3.05, 3.63) is 81.6 Å². The van der Waals surface area contributed by atoms with Crippen molar-refractivity contribution in [2.75, 3.05) is 11.5 Å². The number of Topliss-reactive ketones (excluding diaryl/α,β-unsaturated/α-hetero) is 1. The molecule has 0 bridgehead atoms. The van der Waals surface area contributed by atoms with E-state index in [0.717, 1.165) is 5.56 Å². The molecule has 0 saturated carbocycles. The summed E-state index contributed by atoms with van der Waals surface area (Å²) in [6.45, 7) is 7.49. The first-order valence-corrected chi connectivity index (χ1v) is 12.0. The molecule has 1 unspecified atom stereocenters. The number of carboxylic acids is 1. The minimum absolute atomic E-state index is 0.0735. The van der Waals surface area contributed by atoms with Crippen LogP contribution in [0.15, 0.2) is 59.9 Å². The zero-order valence-corrected chi connectivity index (χ0v) is 21.0. The summed E-state index contributed by atoms with van der Waals surface area (Å²) >= 11 is 1.19. The molecule has 0 spiro atoms. The van der Waals surface area contributed by atoms with Gasteiger partial charge in [0.25, 0.3) is 5.91 Å². The summed E-state index contributed by atoms with van der Waals surface area (Å²) in [6.07, 6.45) is 0. The van der Waals surface area contributed by atoms with Crippen LogP contribution in [0.25, 0.3) is 0 Å². The van der Waals surface area contributed by atoms with Crippen LogP contribution in [0.2, 0.25) is 0 Å². The van der Waals surface area contributed by atoms with Gasteiger partial charge < -0.3 is 14.9 Å². The first-order valence-electron chi connectivity index (χ1n) is 11.1. The Hall–Kier alpha value is -4.05. The smallest absolute Gasteiger partial charge is 0.341 e. The summed E-state index contributed by atoms with van der Waals surface area (Å²) in [5.41, 5.74) is 1.75. The van der Waals surface area contributed by atoms with Gasteiger partial charge in [0.2, 0.25) is 5.13 Å². The third-order valence-electron chi connectivity index (χ3n) is 5.75. The number of aliphatic hydroxyl groups excluding tert-OH is 1. The van der Waals surface area contributed by atoms with E-state index in [2.05, 4.69) is 31.0 Å². The molecule has 1 amide bonds. The van der Waals surface area contributed by atoms with Crippen molar-refractivity contribution in [1.29, 1.82) is 0 Å². The second kappa shape index (κ2) is 9.54. The Labute approximate surface area is 211 Å². The molecule has 0 fully saturated rings. The van der Waals surface area contributed by atoms with E-state index in [9.17, 15) is 19.5 Å². The number of ether oxygens (including phenoxy) is 1. The largest absolute Gasteiger partial charge is 0.503 e. The average molecular weight is 508 g/mol. The molecule has 3 aromatic rings.